The normalized spacial score (nSPS) is 20.2. The fourth-order valence-corrected chi connectivity index (χ4v) is 1.70. The third-order valence-electron chi connectivity index (χ3n) is 2.71. The molecule has 0 aromatic carbocycles. The molecule has 3 nitrogen and oxygen atoms in total. The molecule has 0 aromatic rings. The highest BCUT2D eigenvalue weighted by molar-refractivity contribution is 5.81. The number of carbonyl (C=O) groups excluding carboxylic acids is 1. The van der Waals surface area contributed by atoms with Crippen LogP contribution in [0.5, 0.6) is 0 Å². The van der Waals surface area contributed by atoms with Gasteiger partial charge >= 0.3 is 0 Å². The molecule has 0 spiro atoms. The maximum absolute atomic E-state index is 11.5. The van der Waals surface area contributed by atoms with E-state index in [4.69, 9.17) is 5.73 Å². The molecule has 1 saturated carbocycles. The summed E-state index contributed by atoms with van der Waals surface area (Å²) in [6.07, 6.45) is 5.53. The summed E-state index contributed by atoms with van der Waals surface area (Å²) in [7, 11) is 0. The van der Waals surface area contributed by atoms with Gasteiger partial charge < -0.3 is 11.1 Å². The minimum Gasteiger partial charge on any atom is -0.352 e. The zero-order valence-electron chi connectivity index (χ0n) is 9.25. The van der Waals surface area contributed by atoms with Crippen molar-refractivity contribution in [2.45, 2.75) is 58.0 Å². The maximum atomic E-state index is 11.5. The molecule has 3 heteroatoms. The standard InChI is InChI=1S/C11H22N2O/c1-3-4-10(12)11(14)13-8(2)7-9-5-6-9/h8-10H,3-7,12H2,1-2H3,(H,13,14). The predicted molar refractivity (Wildman–Crippen MR) is 57.8 cm³/mol. The Labute approximate surface area is 86.4 Å². The van der Waals surface area contributed by atoms with Gasteiger partial charge in [0.05, 0.1) is 6.04 Å². The number of nitrogens with one attached hydrogen (secondary N) is 1. The number of hydrogen-bond acceptors (Lipinski definition) is 2. The summed E-state index contributed by atoms with van der Waals surface area (Å²) in [5.41, 5.74) is 5.71. The van der Waals surface area contributed by atoms with Crippen LogP contribution in [0.25, 0.3) is 0 Å². The lowest BCUT2D eigenvalue weighted by Gasteiger charge is -2.16. The van der Waals surface area contributed by atoms with Crippen LogP contribution in [0.1, 0.15) is 46.0 Å². The second-order valence-corrected chi connectivity index (χ2v) is 4.48. The smallest absolute Gasteiger partial charge is 0.237 e. The molecule has 0 saturated heterocycles. The molecule has 82 valence electrons. The van der Waals surface area contributed by atoms with Crippen molar-refractivity contribution in [3.63, 3.8) is 0 Å². The molecule has 1 rings (SSSR count). The topological polar surface area (TPSA) is 55.1 Å². The van der Waals surface area contributed by atoms with Crippen LogP contribution < -0.4 is 11.1 Å². The Morgan fingerprint density at radius 2 is 2.21 bits per heavy atom. The van der Waals surface area contributed by atoms with E-state index in [1.165, 1.54) is 12.8 Å². The van der Waals surface area contributed by atoms with Gasteiger partial charge in [-0.05, 0) is 25.7 Å². The van der Waals surface area contributed by atoms with Gasteiger partial charge in [0.2, 0.25) is 5.91 Å². The number of amides is 1. The Morgan fingerprint density at radius 3 is 2.71 bits per heavy atom. The Hall–Kier alpha value is -0.570. The molecule has 1 aliphatic rings. The van der Waals surface area contributed by atoms with Crippen molar-refractivity contribution >= 4 is 5.91 Å². The summed E-state index contributed by atoms with van der Waals surface area (Å²) in [6.45, 7) is 4.11. The Bertz CT molecular complexity index is 190. The lowest BCUT2D eigenvalue weighted by molar-refractivity contribution is -0.123. The van der Waals surface area contributed by atoms with Gasteiger partial charge in [0, 0.05) is 6.04 Å². The monoisotopic (exact) mass is 198 g/mol. The summed E-state index contributed by atoms with van der Waals surface area (Å²) in [6, 6.07) is -0.0282. The van der Waals surface area contributed by atoms with Gasteiger partial charge in [-0.3, -0.25) is 4.79 Å². The number of carbonyl (C=O) groups is 1. The van der Waals surface area contributed by atoms with E-state index in [-0.39, 0.29) is 18.0 Å². The van der Waals surface area contributed by atoms with Gasteiger partial charge in [0.1, 0.15) is 0 Å². The Kier molecular flexibility index (Phi) is 4.39. The molecule has 1 fully saturated rings. The van der Waals surface area contributed by atoms with E-state index >= 15 is 0 Å². The molecule has 0 radical (unpaired) electrons. The highest BCUT2D eigenvalue weighted by atomic mass is 16.2. The molecule has 0 bridgehead atoms. The second kappa shape index (κ2) is 5.35. The van der Waals surface area contributed by atoms with Gasteiger partial charge in [0.25, 0.3) is 0 Å². The molecule has 2 unspecified atom stereocenters. The van der Waals surface area contributed by atoms with Crippen LogP contribution in [-0.2, 0) is 4.79 Å². The first-order chi connectivity index (χ1) is 6.63. The summed E-state index contributed by atoms with van der Waals surface area (Å²) in [4.78, 5) is 11.5. The van der Waals surface area contributed by atoms with E-state index in [2.05, 4.69) is 12.2 Å². The first kappa shape index (κ1) is 11.5. The van der Waals surface area contributed by atoms with E-state index in [0.717, 1.165) is 25.2 Å². The van der Waals surface area contributed by atoms with E-state index in [1.54, 1.807) is 0 Å². The van der Waals surface area contributed by atoms with Crippen LogP contribution >= 0.6 is 0 Å². The molecule has 1 amide bonds. The number of hydrogen-bond donors (Lipinski definition) is 2. The summed E-state index contributed by atoms with van der Waals surface area (Å²) < 4.78 is 0. The fourth-order valence-electron chi connectivity index (χ4n) is 1.70. The quantitative estimate of drug-likeness (QED) is 0.678. The van der Waals surface area contributed by atoms with Gasteiger partial charge in [-0.2, -0.15) is 0 Å². The summed E-state index contributed by atoms with van der Waals surface area (Å²) in [5.74, 6) is 0.868. The van der Waals surface area contributed by atoms with Gasteiger partial charge in [-0.25, -0.2) is 0 Å². The highest BCUT2D eigenvalue weighted by Crippen LogP contribution is 2.33. The molecule has 2 atom stereocenters. The molecule has 14 heavy (non-hydrogen) atoms. The average Bonchev–Trinajstić information content (AvgIpc) is 2.88. The van der Waals surface area contributed by atoms with Crippen molar-refractivity contribution in [1.29, 1.82) is 0 Å². The second-order valence-electron chi connectivity index (χ2n) is 4.48. The third kappa shape index (κ3) is 4.09. The summed E-state index contributed by atoms with van der Waals surface area (Å²) in [5, 5.41) is 2.97. The molecule has 0 aliphatic heterocycles. The van der Waals surface area contributed by atoms with Crippen LogP contribution in [0, 0.1) is 5.92 Å². The molecular weight excluding hydrogens is 176 g/mol. The minimum absolute atomic E-state index is 0.0139. The van der Waals surface area contributed by atoms with Gasteiger partial charge in [-0.1, -0.05) is 26.2 Å². The van der Waals surface area contributed by atoms with Crippen LogP contribution in [0.3, 0.4) is 0 Å². The zero-order chi connectivity index (χ0) is 10.6. The van der Waals surface area contributed by atoms with E-state index in [0.29, 0.717) is 0 Å². The Morgan fingerprint density at radius 1 is 1.57 bits per heavy atom. The van der Waals surface area contributed by atoms with Gasteiger partial charge in [-0.15, -0.1) is 0 Å². The third-order valence-corrected chi connectivity index (χ3v) is 2.71. The molecule has 1 aliphatic carbocycles. The van der Waals surface area contributed by atoms with Crippen molar-refractivity contribution in [1.82, 2.24) is 5.32 Å². The van der Waals surface area contributed by atoms with E-state index in [1.807, 2.05) is 6.92 Å². The van der Waals surface area contributed by atoms with Crippen molar-refractivity contribution in [3.05, 3.63) is 0 Å². The number of rotatable bonds is 6. The molecule has 0 heterocycles. The molecular formula is C11H22N2O. The van der Waals surface area contributed by atoms with Crippen molar-refractivity contribution in [3.8, 4) is 0 Å². The fraction of sp³-hybridized carbons (Fsp3) is 0.909. The number of nitrogens with two attached hydrogens (primary N) is 1. The van der Waals surface area contributed by atoms with Crippen LogP contribution in [-0.4, -0.2) is 18.0 Å². The van der Waals surface area contributed by atoms with Crippen LogP contribution in [0.4, 0.5) is 0 Å². The van der Waals surface area contributed by atoms with Crippen LogP contribution in [0.15, 0.2) is 0 Å². The molecule has 0 aromatic heterocycles. The highest BCUT2D eigenvalue weighted by Gasteiger charge is 2.24. The molecule has 3 N–H and O–H groups in total. The van der Waals surface area contributed by atoms with E-state index < -0.39 is 0 Å². The van der Waals surface area contributed by atoms with Crippen molar-refractivity contribution < 1.29 is 4.79 Å². The largest absolute Gasteiger partial charge is 0.352 e. The first-order valence-electron chi connectivity index (χ1n) is 5.69. The first-order valence-corrected chi connectivity index (χ1v) is 5.69. The zero-order valence-corrected chi connectivity index (χ0v) is 9.25. The van der Waals surface area contributed by atoms with Crippen LogP contribution in [0.2, 0.25) is 0 Å². The SMILES string of the molecule is CCCC(N)C(=O)NC(C)CC1CC1. The average molecular weight is 198 g/mol. The van der Waals surface area contributed by atoms with Gasteiger partial charge in [0.15, 0.2) is 0 Å². The lowest BCUT2D eigenvalue weighted by Crippen LogP contribution is -2.44. The lowest BCUT2D eigenvalue weighted by atomic mass is 10.1. The van der Waals surface area contributed by atoms with Crippen molar-refractivity contribution in [2.75, 3.05) is 0 Å². The minimum atomic E-state index is -0.318. The maximum Gasteiger partial charge on any atom is 0.237 e. The summed E-state index contributed by atoms with van der Waals surface area (Å²) >= 11 is 0. The predicted octanol–water partition coefficient (Wildman–Crippen LogP) is 1.42. The van der Waals surface area contributed by atoms with Crippen molar-refractivity contribution in [2.24, 2.45) is 11.7 Å². The van der Waals surface area contributed by atoms with E-state index in [9.17, 15) is 4.79 Å². The Balaban J connectivity index is 2.16.